The number of hydrogen-bond acceptors (Lipinski definition) is 1. The zero-order valence-electron chi connectivity index (χ0n) is 26.4. The molecule has 0 fully saturated rings. The van der Waals surface area contributed by atoms with Gasteiger partial charge in [-0.25, -0.2) is 0 Å². The molecular formula is C46H32N2. The first-order chi connectivity index (χ1) is 23.8. The van der Waals surface area contributed by atoms with Crippen molar-refractivity contribution in [3.63, 3.8) is 0 Å². The summed E-state index contributed by atoms with van der Waals surface area (Å²) in [5, 5.41) is 4.96. The number of para-hydroxylation sites is 4. The van der Waals surface area contributed by atoms with Gasteiger partial charge in [0, 0.05) is 33.4 Å². The molecule has 2 nitrogen and oxygen atoms in total. The van der Waals surface area contributed by atoms with Crippen LogP contribution in [-0.4, -0.2) is 4.57 Å². The average Bonchev–Trinajstić information content (AvgIpc) is 3.50. The Hall–Kier alpha value is -6.38. The summed E-state index contributed by atoms with van der Waals surface area (Å²) in [4.78, 5) is 2.38. The maximum atomic E-state index is 2.42. The van der Waals surface area contributed by atoms with Crippen LogP contribution in [0.25, 0.3) is 60.5 Å². The molecule has 9 rings (SSSR count). The monoisotopic (exact) mass is 612 g/mol. The Morgan fingerprint density at radius 3 is 1.58 bits per heavy atom. The molecule has 48 heavy (non-hydrogen) atoms. The van der Waals surface area contributed by atoms with Crippen LogP contribution in [0.3, 0.4) is 0 Å². The highest BCUT2D eigenvalue weighted by Crippen LogP contribution is 2.44. The van der Waals surface area contributed by atoms with Crippen molar-refractivity contribution in [3.05, 3.63) is 194 Å². The first kappa shape index (κ1) is 27.9. The third-order valence-corrected chi connectivity index (χ3v) is 9.37. The normalized spacial score (nSPS) is 11.3. The molecule has 0 aliphatic carbocycles. The number of benzene rings is 8. The minimum Gasteiger partial charge on any atom is -0.310 e. The standard InChI is InChI=1S/C46H32N2/c1-3-15-33(16-4-1)34-27-29-37(30-28-34)47(36-18-5-2-6-19-36)44-24-12-11-23-42(44)43-32-38(31-35-17-7-8-20-39(35)43)48-45-25-13-9-21-40(45)41-22-10-14-26-46(41)48/h1-32H. The van der Waals surface area contributed by atoms with E-state index >= 15 is 0 Å². The van der Waals surface area contributed by atoms with Gasteiger partial charge in [0.05, 0.1) is 16.7 Å². The van der Waals surface area contributed by atoms with Gasteiger partial charge in [-0.05, 0) is 82.1 Å². The van der Waals surface area contributed by atoms with Gasteiger partial charge in [0.1, 0.15) is 0 Å². The van der Waals surface area contributed by atoms with Gasteiger partial charge in [-0.15, -0.1) is 0 Å². The Morgan fingerprint density at radius 2 is 0.875 bits per heavy atom. The van der Waals surface area contributed by atoms with E-state index in [0.717, 1.165) is 22.7 Å². The summed E-state index contributed by atoms with van der Waals surface area (Å²) in [7, 11) is 0. The Balaban J connectivity index is 1.28. The van der Waals surface area contributed by atoms with Gasteiger partial charge in [0.2, 0.25) is 0 Å². The summed E-state index contributed by atoms with van der Waals surface area (Å²) in [5.41, 5.74) is 11.7. The van der Waals surface area contributed by atoms with E-state index < -0.39 is 0 Å². The molecule has 0 aliphatic heterocycles. The first-order valence-electron chi connectivity index (χ1n) is 16.4. The van der Waals surface area contributed by atoms with Crippen molar-refractivity contribution in [2.75, 3.05) is 4.90 Å². The molecule has 0 radical (unpaired) electrons. The largest absolute Gasteiger partial charge is 0.310 e. The van der Waals surface area contributed by atoms with Crippen molar-refractivity contribution in [1.29, 1.82) is 0 Å². The highest BCUT2D eigenvalue weighted by atomic mass is 15.1. The lowest BCUT2D eigenvalue weighted by Crippen LogP contribution is -2.11. The third kappa shape index (κ3) is 4.74. The molecule has 226 valence electrons. The predicted molar refractivity (Wildman–Crippen MR) is 204 cm³/mol. The Labute approximate surface area is 280 Å². The van der Waals surface area contributed by atoms with Gasteiger partial charge in [-0.1, -0.05) is 140 Å². The van der Waals surface area contributed by atoms with Crippen molar-refractivity contribution in [1.82, 2.24) is 4.57 Å². The lowest BCUT2D eigenvalue weighted by atomic mass is 9.95. The Kier molecular flexibility index (Phi) is 6.84. The lowest BCUT2D eigenvalue weighted by molar-refractivity contribution is 1.19. The highest BCUT2D eigenvalue weighted by Gasteiger charge is 2.20. The molecule has 0 atom stereocenters. The van der Waals surface area contributed by atoms with Crippen molar-refractivity contribution >= 4 is 49.6 Å². The molecule has 2 heteroatoms. The quantitative estimate of drug-likeness (QED) is 0.181. The molecule has 9 aromatic rings. The second-order valence-corrected chi connectivity index (χ2v) is 12.2. The molecule has 0 amide bonds. The zero-order chi connectivity index (χ0) is 31.9. The van der Waals surface area contributed by atoms with Crippen molar-refractivity contribution in [2.45, 2.75) is 0 Å². The van der Waals surface area contributed by atoms with Crippen LogP contribution in [0.2, 0.25) is 0 Å². The fraction of sp³-hybridized carbons (Fsp3) is 0. The zero-order valence-corrected chi connectivity index (χ0v) is 26.4. The van der Waals surface area contributed by atoms with Crippen molar-refractivity contribution < 1.29 is 0 Å². The summed E-state index contributed by atoms with van der Waals surface area (Å²) in [6.45, 7) is 0. The Morgan fingerprint density at radius 1 is 0.354 bits per heavy atom. The smallest absolute Gasteiger partial charge is 0.0541 e. The topological polar surface area (TPSA) is 8.17 Å². The van der Waals surface area contributed by atoms with Crippen LogP contribution in [0.1, 0.15) is 0 Å². The SMILES string of the molecule is c1ccc(-c2ccc(N(c3ccccc3)c3ccccc3-c3cc(-n4c5ccccc5c5ccccc54)cc4ccccc34)cc2)cc1. The van der Waals surface area contributed by atoms with E-state index in [2.05, 4.69) is 204 Å². The summed E-state index contributed by atoms with van der Waals surface area (Å²) < 4.78 is 2.42. The van der Waals surface area contributed by atoms with Gasteiger partial charge < -0.3 is 9.47 Å². The number of aromatic nitrogens is 1. The van der Waals surface area contributed by atoms with E-state index in [0.29, 0.717) is 0 Å². The molecule has 1 heterocycles. The number of hydrogen-bond donors (Lipinski definition) is 0. The summed E-state index contributed by atoms with van der Waals surface area (Å²) in [6, 6.07) is 69.9. The van der Waals surface area contributed by atoms with Crippen LogP contribution in [0.15, 0.2) is 194 Å². The molecule has 0 aliphatic rings. The second-order valence-electron chi connectivity index (χ2n) is 12.2. The molecule has 0 saturated carbocycles. The van der Waals surface area contributed by atoms with E-state index in [-0.39, 0.29) is 0 Å². The molecule has 0 bridgehead atoms. The first-order valence-corrected chi connectivity index (χ1v) is 16.4. The summed E-state index contributed by atoms with van der Waals surface area (Å²) in [6.07, 6.45) is 0. The molecule has 1 aromatic heterocycles. The van der Waals surface area contributed by atoms with Gasteiger partial charge >= 0.3 is 0 Å². The number of rotatable bonds is 6. The van der Waals surface area contributed by atoms with E-state index in [4.69, 9.17) is 0 Å². The summed E-state index contributed by atoms with van der Waals surface area (Å²) >= 11 is 0. The number of nitrogens with zero attached hydrogens (tertiary/aromatic N) is 2. The van der Waals surface area contributed by atoms with Crippen LogP contribution in [0, 0.1) is 0 Å². The molecule has 0 unspecified atom stereocenters. The van der Waals surface area contributed by atoms with Gasteiger partial charge in [-0.3, -0.25) is 0 Å². The molecule has 0 spiro atoms. The van der Waals surface area contributed by atoms with Crippen LogP contribution in [0.5, 0.6) is 0 Å². The highest BCUT2D eigenvalue weighted by molar-refractivity contribution is 6.10. The average molecular weight is 613 g/mol. The molecular weight excluding hydrogens is 581 g/mol. The lowest BCUT2D eigenvalue weighted by Gasteiger charge is -2.28. The minimum absolute atomic E-state index is 1.11. The number of anilines is 3. The van der Waals surface area contributed by atoms with Gasteiger partial charge in [0.15, 0.2) is 0 Å². The maximum Gasteiger partial charge on any atom is 0.0541 e. The van der Waals surface area contributed by atoms with E-state index in [1.54, 1.807) is 0 Å². The van der Waals surface area contributed by atoms with Gasteiger partial charge in [0.25, 0.3) is 0 Å². The fourth-order valence-electron chi connectivity index (χ4n) is 7.18. The van der Waals surface area contributed by atoms with Crippen molar-refractivity contribution in [3.8, 4) is 27.9 Å². The molecule has 0 N–H and O–H groups in total. The van der Waals surface area contributed by atoms with Crippen LogP contribution in [-0.2, 0) is 0 Å². The van der Waals surface area contributed by atoms with Crippen molar-refractivity contribution in [2.24, 2.45) is 0 Å². The van der Waals surface area contributed by atoms with Crippen LogP contribution >= 0.6 is 0 Å². The summed E-state index contributed by atoms with van der Waals surface area (Å²) in [5.74, 6) is 0. The van der Waals surface area contributed by atoms with E-state index in [1.807, 2.05) is 0 Å². The van der Waals surface area contributed by atoms with E-state index in [1.165, 1.54) is 54.8 Å². The minimum atomic E-state index is 1.11. The number of fused-ring (bicyclic) bond motifs is 4. The predicted octanol–water partition coefficient (Wildman–Crippen LogP) is 12.7. The van der Waals surface area contributed by atoms with Crippen LogP contribution in [0.4, 0.5) is 17.1 Å². The second kappa shape index (κ2) is 11.8. The molecule has 8 aromatic carbocycles. The van der Waals surface area contributed by atoms with Crippen LogP contribution < -0.4 is 4.90 Å². The third-order valence-electron chi connectivity index (χ3n) is 9.37. The maximum absolute atomic E-state index is 2.42. The van der Waals surface area contributed by atoms with E-state index in [9.17, 15) is 0 Å². The van der Waals surface area contributed by atoms with Gasteiger partial charge in [-0.2, -0.15) is 0 Å². The molecule has 0 saturated heterocycles. The fourth-order valence-corrected chi connectivity index (χ4v) is 7.18. The Bertz CT molecular complexity index is 2490.